The second-order valence-electron chi connectivity index (χ2n) is 4.53. The van der Waals surface area contributed by atoms with Gasteiger partial charge >= 0.3 is 5.97 Å². The van der Waals surface area contributed by atoms with Crippen LogP contribution in [0.1, 0.15) is 10.4 Å². The first-order valence-corrected chi connectivity index (χ1v) is 6.28. The van der Waals surface area contributed by atoms with E-state index in [1.807, 2.05) is 0 Å². The Kier molecular flexibility index (Phi) is 3.23. The summed E-state index contributed by atoms with van der Waals surface area (Å²) in [5, 5.41) is 12.9. The highest BCUT2D eigenvalue weighted by Crippen LogP contribution is 2.25. The van der Waals surface area contributed by atoms with Gasteiger partial charge < -0.3 is 10.4 Å². The number of fused-ring (bicyclic) bond motifs is 1. The molecule has 0 saturated carbocycles. The maximum absolute atomic E-state index is 13.2. The van der Waals surface area contributed by atoms with E-state index in [4.69, 9.17) is 5.11 Å². The molecule has 0 unspecified atom stereocenters. The maximum Gasteiger partial charge on any atom is 0.335 e. The van der Waals surface area contributed by atoms with Gasteiger partial charge in [0.25, 0.3) is 0 Å². The molecule has 0 saturated heterocycles. The average molecular weight is 282 g/mol. The van der Waals surface area contributed by atoms with Crippen molar-refractivity contribution >= 4 is 28.2 Å². The molecule has 4 nitrogen and oxygen atoms in total. The third-order valence-electron chi connectivity index (χ3n) is 3.09. The smallest absolute Gasteiger partial charge is 0.335 e. The summed E-state index contributed by atoms with van der Waals surface area (Å²) in [4.78, 5) is 15.1. The van der Waals surface area contributed by atoms with E-state index < -0.39 is 5.97 Å². The summed E-state index contributed by atoms with van der Waals surface area (Å²) < 4.78 is 13.2. The van der Waals surface area contributed by atoms with E-state index in [1.165, 1.54) is 24.3 Å². The number of aromatic nitrogens is 1. The number of pyridine rings is 1. The van der Waals surface area contributed by atoms with E-state index in [2.05, 4.69) is 10.3 Å². The molecule has 2 N–H and O–H groups in total. The fourth-order valence-corrected chi connectivity index (χ4v) is 2.12. The lowest BCUT2D eigenvalue weighted by Crippen LogP contribution is -1.98. The number of rotatable bonds is 3. The molecule has 0 radical (unpaired) electrons. The molecule has 5 heteroatoms. The van der Waals surface area contributed by atoms with Gasteiger partial charge in [-0.05, 0) is 36.4 Å². The van der Waals surface area contributed by atoms with Crippen molar-refractivity contribution in [3.63, 3.8) is 0 Å². The van der Waals surface area contributed by atoms with Gasteiger partial charge in [0.15, 0.2) is 0 Å². The Morgan fingerprint density at radius 2 is 2.00 bits per heavy atom. The predicted octanol–water partition coefficient (Wildman–Crippen LogP) is 3.82. The molecule has 0 aliphatic heterocycles. The lowest BCUT2D eigenvalue weighted by Gasteiger charge is -2.10. The van der Waals surface area contributed by atoms with Crippen molar-refractivity contribution in [1.29, 1.82) is 0 Å². The zero-order valence-electron chi connectivity index (χ0n) is 10.9. The third kappa shape index (κ3) is 2.67. The van der Waals surface area contributed by atoms with Crippen LogP contribution in [0.3, 0.4) is 0 Å². The average Bonchev–Trinajstić information content (AvgIpc) is 2.47. The van der Waals surface area contributed by atoms with Crippen molar-refractivity contribution in [2.24, 2.45) is 0 Å². The highest BCUT2D eigenvalue weighted by molar-refractivity contribution is 5.94. The number of carboxylic acids is 1. The molecule has 2 aromatic carbocycles. The molecule has 0 bridgehead atoms. The molecular weight excluding hydrogens is 271 g/mol. The molecule has 0 atom stereocenters. The Morgan fingerprint density at radius 3 is 2.81 bits per heavy atom. The zero-order valence-corrected chi connectivity index (χ0v) is 10.9. The summed E-state index contributed by atoms with van der Waals surface area (Å²) in [5.74, 6) is -1.33. The number of aromatic carboxylic acids is 1. The standard InChI is InChI=1S/C16H11FN2O2/c17-11-4-5-13-14(6-7-18-15(13)9-11)19-12-3-1-2-10(8-12)16(20)21/h1-9H,(H,18,19)(H,20,21). The molecule has 0 amide bonds. The highest BCUT2D eigenvalue weighted by Gasteiger charge is 2.06. The van der Waals surface area contributed by atoms with E-state index in [0.29, 0.717) is 11.2 Å². The fourth-order valence-electron chi connectivity index (χ4n) is 2.12. The number of carbonyl (C=O) groups is 1. The number of hydrogen-bond donors (Lipinski definition) is 2. The molecule has 1 heterocycles. The van der Waals surface area contributed by atoms with Crippen molar-refractivity contribution in [3.8, 4) is 0 Å². The van der Waals surface area contributed by atoms with Crippen LogP contribution in [0.5, 0.6) is 0 Å². The van der Waals surface area contributed by atoms with Gasteiger partial charge in [-0.3, -0.25) is 4.98 Å². The van der Waals surface area contributed by atoms with Gasteiger partial charge in [-0.15, -0.1) is 0 Å². The minimum Gasteiger partial charge on any atom is -0.478 e. The lowest BCUT2D eigenvalue weighted by atomic mass is 10.1. The summed E-state index contributed by atoms with van der Waals surface area (Å²) >= 11 is 0. The molecule has 0 aliphatic rings. The van der Waals surface area contributed by atoms with E-state index in [1.54, 1.807) is 30.5 Å². The van der Waals surface area contributed by atoms with Gasteiger partial charge in [0.05, 0.1) is 11.1 Å². The molecule has 104 valence electrons. The van der Waals surface area contributed by atoms with E-state index in [9.17, 15) is 9.18 Å². The number of carboxylic acid groups (broad SMARTS) is 1. The van der Waals surface area contributed by atoms with Crippen molar-refractivity contribution in [2.45, 2.75) is 0 Å². The quantitative estimate of drug-likeness (QED) is 0.766. The Labute approximate surface area is 119 Å². The summed E-state index contributed by atoms with van der Waals surface area (Å²) in [6.07, 6.45) is 1.57. The van der Waals surface area contributed by atoms with Gasteiger partial charge in [-0.25, -0.2) is 9.18 Å². The van der Waals surface area contributed by atoms with Crippen molar-refractivity contribution in [2.75, 3.05) is 5.32 Å². The number of nitrogens with zero attached hydrogens (tertiary/aromatic N) is 1. The van der Waals surface area contributed by atoms with Crippen LogP contribution in [-0.2, 0) is 0 Å². The lowest BCUT2D eigenvalue weighted by molar-refractivity contribution is 0.0697. The molecule has 0 fully saturated rings. The van der Waals surface area contributed by atoms with E-state index in [-0.39, 0.29) is 11.4 Å². The largest absolute Gasteiger partial charge is 0.478 e. The van der Waals surface area contributed by atoms with Gasteiger partial charge in [0, 0.05) is 29.0 Å². The number of nitrogens with one attached hydrogen (secondary N) is 1. The van der Waals surface area contributed by atoms with Crippen LogP contribution in [0.15, 0.2) is 54.7 Å². The predicted molar refractivity (Wildman–Crippen MR) is 78.4 cm³/mol. The minimum absolute atomic E-state index is 0.199. The topological polar surface area (TPSA) is 62.2 Å². The highest BCUT2D eigenvalue weighted by atomic mass is 19.1. The zero-order chi connectivity index (χ0) is 14.8. The molecule has 0 aliphatic carbocycles. The minimum atomic E-state index is -0.986. The SMILES string of the molecule is O=C(O)c1cccc(Nc2ccnc3cc(F)ccc23)c1. The maximum atomic E-state index is 13.2. The summed E-state index contributed by atoms with van der Waals surface area (Å²) in [6, 6.07) is 12.6. The summed E-state index contributed by atoms with van der Waals surface area (Å²) in [7, 11) is 0. The van der Waals surface area contributed by atoms with Crippen LogP contribution in [0.25, 0.3) is 10.9 Å². The van der Waals surface area contributed by atoms with Crippen LogP contribution < -0.4 is 5.32 Å². The second kappa shape index (κ2) is 5.20. The molecule has 21 heavy (non-hydrogen) atoms. The Bertz CT molecular complexity index is 833. The second-order valence-corrected chi connectivity index (χ2v) is 4.53. The van der Waals surface area contributed by atoms with Gasteiger partial charge in [-0.1, -0.05) is 6.07 Å². The fraction of sp³-hybridized carbons (Fsp3) is 0. The number of hydrogen-bond acceptors (Lipinski definition) is 3. The normalized spacial score (nSPS) is 10.5. The summed E-state index contributed by atoms with van der Waals surface area (Å²) in [6.45, 7) is 0. The van der Waals surface area contributed by atoms with Crippen LogP contribution in [-0.4, -0.2) is 16.1 Å². The van der Waals surface area contributed by atoms with Crippen molar-refractivity contribution in [3.05, 3.63) is 66.1 Å². The van der Waals surface area contributed by atoms with E-state index >= 15 is 0 Å². The molecule has 3 rings (SSSR count). The number of anilines is 2. The Balaban J connectivity index is 2.02. The Hall–Kier alpha value is -2.95. The first kappa shape index (κ1) is 13.1. The third-order valence-corrected chi connectivity index (χ3v) is 3.09. The first-order chi connectivity index (χ1) is 10.1. The number of halogens is 1. The van der Waals surface area contributed by atoms with E-state index in [0.717, 1.165) is 11.1 Å². The van der Waals surface area contributed by atoms with Crippen LogP contribution >= 0.6 is 0 Å². The van der Waals surface area contributed by atoms with Gasteiger partial charge in [0.2, 0.25) is 0 Å². The summed E-state index contributed by atoms with van der Waals surface area (Å²) in [5.41, 5.74) is 2.12. The molecule has 0 spiro atoms. The van der Waals surface area contributed by atoms with Crippen LogP contribution in [0.2, 0.25) is 0 Å². The first-order valence-electron chi connectivity index (χ1n) is 6.28. The van der Waals surface area contributed by atoms with Gasteiger partial charge in [-0.2, -0.15) is 0 Å². The molecule has 1 aromatic heterocycles. The van der Waals surface area contributed by atoms with Crippen molar-refractivity contribution < 1.29 is 14.3 Å². The van der Waals surface area contributed by atoms with Crippen LogP contribution in [0, 0.1) is 5.82 Å². The van der Waals surface area contributed by atoms with Crippen molar-refractivity contribution in [1.82, 2.24) is 4.98 Å². The molecular formula is C16H11FN2O2. The van der Waals surface area contributed by atoms with Crippen LogP contribution in [0.4, 0.5) is 15.8 Å². The number of benzene rings is 2. The monoisotopic (exact) mass is 282 g/mol. The Morgan fingerprint density at radius 1 is 1.14 bits per heavy atom. The van der Waals surface area contributed by atoms with Gasteiger partial charge in [0.1, 0.15) is 5.82 Å². The molecule has 3 aromatic rings.